The molecule has 0 aromatic carbocycles. The number of hydrogen-bond donors (Lipinski definition) is 1. The molecule has 98 valence electrons. The molecule has 1 aromatic rings. The van der Waals surface area contributed by atoms with Gasteiger partial charge in [0.1, 0.15) is 5.69 Å². The molecule has 0 unspecified atom stereocenters. The molecule has 18 heavy (non-hydrogen) atoms. The average molecular weight is 265 g/mol. The number of carbonyl (C=O) groups excluding carboxylic acids is 1. The molecule has 1 aromatic heterocycles. The van der Waals surface area contributed by atoms with Crippen LogP contribution in [0.25, 0.3) is 0 Å². The Hall–Kier alpha value is -1.10. The third kappa shape index (κ3) is 3.22. The molecule has 2 atom stereocenters. The molecule has 4 nitrogen and oxygen atoms in total. The number of nitrogens with one attached hydrogen (secondary N) is 1. The van der Waals surface area contributed by atoms with E-state index in [0.717, 1.165) is 17.9 Å². The van der Waals surface area contributed by atoms with Crippen LogP contribution >= 0.6 is 11.8 Å². The minimum absolute atomic E-state index is 0.101. The van der Waals surface area contributed by atoms with Crippen LogP contribution in [0, 0.1) is 6.92 Å². The van der Waals surface area contributed by atoms with Crippen molar-refractivity contribution in [2.24, 2.45) is 0 Å². The third-order valence-electron chi connectivity index (χ3n) is 3.16. The van der Waals surface area contributed by atoms with Crippen molar-refractivity contribution in [3.8, 4) is 0 Å². The van der Waals surface area contributed by atoms with Gasteiger partial charge in [0.15, 0.2) is 0 Å². The Labute approximate surface area is 112 Å². The zero-order valence-electron chi connectivity index (χ0n) is 10.8. The Balaban J connectivity index is 1.96. The largest absolute Gasteiger partial charge is 0.347 e. The second-order valence-electron chi connectivity index (χ2n) is 4.55. The fraction of sp³-hybridized carbons (Fsp3) is 0.615. The van der Waals surface area contributed by atoms with Crippen LogP contribution in [-0.4, -0.2) is 32.9 Å². The summed E-state index contributed by atoms with van der Waals surface area (Å²) in [5, 5.41) is 3.64. The van der Waals surface area contributed by atoms with Gasteiger partial charge in [-0.3, -0.25) is 9.78 Å². The summed E-state index contributed by atoms with van der Waals surface area (Å²) in [5.41, 5.74) is 1.24. The minimum atomic E-state index is -0.101. The lowest BCUT2D eigenvalue weighted by molar-refractivity contribution is 0.0933. The van der Waals surface area contributed by atoms with Crippen molar-refractivity contribution in [1.82, 2.24) is 15.3 Å². The number of amides is 1. The van der Waals surface area contributed by atoms with Gasteiger partial charge in [-0.15, -0.1) is 0 Å². The minimum Gasteiger partial charge on any atom is -0.347 e. The zero-order chi connectivity index (χ0) is 13.0. The van der Waals surface area contributed by atoms with Gasteiger partial charge in [-0.25, -0.2) is 4.98 Å². The predicted molar refractivity (Wildman–Crippen MR) is 73.8 cm³/mol. The summed E-state index contributed by atoms with van der Waals surface area (Å²) in [7, 11) is 0. The summed E-state index contributed by atoms with van der Waals surface area (Å²) >= 11 is 1.94. The van der Waals surface area contributed by atoms with Crippen LogP contribution in [0.1, 0.15) is 42.4 Å². The molecule has 0 bridgehead atoms. The van der Waals surface area contributed by atoms with Crippen LogP contribution in [0.2, 0.25) is 0 Å². The number of rotatable bonds is 4. The SMILES string of the molecule is CCS[C@@H]1CCC[C@H]1NC(=O)c1cnc(C)cn1. The van der Waals surface area contributed by atoms with Gasteiger partial charge in [0.05, 0.1) is 11.9 Å². The Kier molecular flexibility index (Phi) is 4.58. The molecule has 1 aliphatic carbocycles. The van der Waals surface area contributed by atoms with Gasteiger partial charge in [0, 0.05) is 17.5 Å². The van der Waals surface area contributed by atoms with Crippen LogP contribution in [0.15, 0.2) is 12.4 Å². The molecule has 0 spiro atoms. The molecule has 1 fully saturated rings. The van der Waals surface area contributed by atoms with Crippen LogP contribution in [0.3, 0.4) is 0 Å². The molecule has 5 heteroatoms. The molecule has 0 radical (unpaired) electrons. The van der Waals surface area contributed by atoms with Crippen LogP contribution in [-0.2, 0) is 0 Å². The smallest absolute Gasteiger partial charge is 0.271 e. The summed E-state index contributed by atoms with van der Waals surface area (Å²) in [6, 6.07) is 0.283. The van der Waals surface area contributed by atoms with Crippen molar-refractivity contribution in [2.45, 2.75) is 44.4 Å². The van der Waals surface area contributed by atoms with Crippen molar-refractivity contribution in [3.63, 3.8) is 0 Å². The van der Waals surface area contributed by atoms with Crippen molar-refractivity contribution in [2.75, 3.05) is 5.75 Å². The lowest BCUT2D eigenvalue weighted by atomic mass is 10.2. The highest BCUT2D eigenvalue weighted by molar-refractivity contribution is 7.99. The van der Waals surface area contributed by atoms with E-state index in [9.17, 15) is 4.79 Å². The third-order valence-corrected chi connectivity index (χ3v) is 4.49. The first-order valence-corrected chi connectivity index (χ1v) is 7.46. The second-order valence-corrected chi connectivity index (χ2v) is 6.06. The van der Waals surface area contributed by atoms with Crippen molar-refractivity contribution in [3.05, 3.63) is 23.8 Å². The van der Waals surface area contributed by atoms with E-state index in [0.29, 0.717) is 10.9 Å². The molecular formula is C13H19N3OS. The molecule has 0 aliphatic heterocycles. The maximum Gasteiger partial charge on any atom is 0.271 e. The molecule has 1 aliphatic rings. The molecular weight excluding hydrogens is 246 g/mol. The summed E-state index contributed by atoms with van der Waals surface area (Å²) in [4.78, 5) is 20.3. The van der Waals surface area contributed by atoms with Gasteiger partial charge >= 0.3 is 0 Å². The second kappa shape index (κ2) is 6.18. The highest BCUT2D eigenvalue weighted by Crippen LogP contribution is 2.29. The molecule has 0 saturated heterocycles. The number of hydrogen-bond acceptors (Lipinski definition) is 4. The Morgan fingerprint density at radius 3 is 2.94 bits per heavy atom. The Bertz CT molecular complexity index is 407. The van der Waals surface area contributed by atoms with Gasteiger partial charge < -0.3 is 5.32 Å². The van der Waals surface area contributed by atoms with Gasteiger partial charge in [0.2, 0.25) is 0 Å². The van der Waals surface area contributed by atoms with E-state index in [2.05, 4.69) is 22.2 Å². The highest BCUT2D eigenvalue weighted by atomic mass is 32.2. The quantitative estimate of drug-likeness (QED) is 0.906. The van der Waals surface area contributed by atoms with Crippen LogP contribution in [0.4, 0.5) is 0 Å². The monoisotopic (exact) mass is 265 g/mol. The standard InChI is InChI=1S/C13H19N3OS/c1-3-18-12-6-4-5-10(12)16-13(17)11-8-14-9(2)7-15-11/h7-8,10,12H,3-6H2,1-2H3,(H,16,17)/t10-,12-/m1/s1. The predicted octanol–water partition coefficient (Wildman–Crippen LogP) is 2.19. The van der Waals surface area contributed by atoms with Crippen molar-refractivity contribution < 1.29 is 4.79 Å². The fourth-order valence-corrected chi connectivity index (χ4v) is 3.45. The Morgan fingerprint density at radius 2 is 2.28 bits per heavy atom. The number of carbonyl (C=O) groups is 1. The maximum atomic E-state index is 12.0. The number of aromatic nitrogens is 2. The topological polar surface area (TPSA) is 54.9 Å². The van der Waals surface area contributed by atoms with E-state index in [1.54, 1.807) is 12.4 Å². The van der Waals surface area contributed by atoms with Crippen LogP contribution < -0.4 is 5.32 Å². The summed E-state index contributed by atoms with van der Waals surface area (Å²) in [5.74, 6) is 0.998. The first-order chi connectivity index (χ1) is 8.70. The van der Waals surface area contributed by atoms with Gasteiger partial charge in [0.25, 0.3) is 5.91 Å². The van der Waals surface area contributed by atoms with Crippen molar-refractivity contribution >= 4 is 17.7 Å². The lowest BCUT2D eigenvalue weighted by Crippen LogP contribution is -2.39. The van der Waals surface area contributed by atoms with Crippen molar-refractivity contribution in [1.29, 1.82) is 0 Å². The highest BCUT2D eigenvalue weighted by Gasteiger charge is 2.28. The van der Waals surface area contributed by atoms with Gasteiger partial charge in [-0.1, -0.05) is 13.3 Å². The zero-order valence-corrected chi connectivity index (χ0v) is 11.7. The summed E-state index contributed by atoms with van der Waals surface area (Å²) < 4.78 is 0. The van der Waals surface area contributed by atoms with E-state index in [1.165, 1.54) is 12.8 Å². The number of thioether (sulfide) groups is 1. The molecule has 1 N–H and O–H groups in total. The van der Waals surface area contributed by atoms with E-state index < -0.39 is 0 Å². The fourth-order valence-electron chi connectivity index (χ4n) is 2.26. The van der Waals surface area contributed by atoms with Gasteiger partial charge in [-0.05, 0) is 25.5 Å². The lowest BCUT2D eigenvalue weighted by Gasteiger charge is -2.19. The first kappa shape index (κ1) is 13.3. The van der Waals surface area contributed by atoms with E-state index in [1.807, 2.05) is 18.7 Å². The van der Waals surface area contributed by atoms with Gasteiger partial charge in [-0.2, -0.15) is 11.8 Å². The summed E-state index contributed by atoms with van der Waals surface area (Å²) in [6.45, 7) is 4.02. The van der Waals surface area contributed by atoms with Crippen LogP contribution in [0.5, 0.6) is 0 Å². The number of nitrogens with zero attached hydrogens (tertiary/aromatic N) is 2. The molecule has 1 heterocycles. The van der Waals surface area contributed by atoms with E-state index >= 15 is 0 Å². The molecule has 1 amide bonds. The summed E-state index contributed by atoms with van der Waals surface area (Å²) in [6.07, 6.45) is 6.64. The average Bonchev–Trinajstić information content (AvgIpc) is 2.78. The first-order valence-electron chi connectivity index (χ1n) is 6.42. The normalized spacial score (nSPS) is 23.0. The van der Waals surface area contributed by atoms with E-state index in [-0.39, 0.29) is 11.9 Å². The Morgan fingerprint density at radius 1 is 1.44 bits per heavy atom. The molecule has 2 rings (SSSR count). The van der Waals surface area contributed by atoms with E-state index in [4.69, 9.17) is 0 Å². The number of aryl methyl sites for hydroxylation is 1. The molecule has 1 saturated carbocycles. The maximum absolute atomic E-state index is 12.0.